The Kier molecular flexibility index (Phi) is 3.32. The van der Waals surface area contributed by atoms with Gasteiger partial charge in [-0.05, 0) is 12.1 Å². The third-order valence-corrected chi connectivity index (χ3v) is 3.91. The van der Waals surface area contributed by atoms with Crippen molar-refractivity contribution >= 4 is 23.4 Å². The maximum atomic E-state index is 12.6. The van der Waals surface area contributed by atoms with E-state index in [1.54, 1.807) is 18.2 Å². The minimum Gasteiger partial charge on any atom is -0.324 e. The second kappa shape index (κ2) is 5.03. The molecule has 3 rings (SSSR count). The highest BCUT2D eigenvalue weighted by Gasteiger charge is 2.33. The predicted octanol–water partition coefficient (Wildman–Crippen LogP) is 3.21. The van der Waals surface area contributed by atoms with E-state index in [4.69, 9.17) is 0 Å². The van der Waals surface area contributed by atoms with Crippen LogP contribution in [-0.2, 0) is 11.0 Å². The summed E-state index contributed by atoms with van der Waals surface area (Å²) in [6.45, 7) is 0. The van der Waals surface area contributed by atoms with E-state index in [1.807, 2.05) is 0 Å². The number of fused-ring (bicyclic) bond motifs is 1. The smallest absolute Gasteiger partial charge is 0.324 e. The Morgan fingerprint density at radius 1 is 1.24 bits per heavy atom. The molecular weight excluding hydrogens is 303 g/mol. The standard InChI is InChI=1S/C13H8F3N3OS/c14-13(15,16)11-5-17-4-9(18-11)7-1-2-10-8(3-7)19-12(20)6-21-10/h1-5H,6H2,(H,19,20). The number of hydrogen-bond donors (Lipinski definition) is 1. The van der Waals surface area contributed by atoms with Gasteiger partial charge in [0.2, 0.25) is 5.91 Å². The molecular formula is C13H8F3N3OS. The molecule has 1 N–H and O–H groups in total. The number of hydrogen-bond acceptors (Lipinski definition) is 4. The summed E-state index contributed by atoms with van der Waals surface area (Å²) >= 11 is 1.38. The van der Waals surface area contributed by atoms with Crippen LogP contribution in [0.1, 0.15) is 5.69 Å². The van der Waals surface area contributed by atoms with E-state index in [9.17, 15) is 18.0 Å². The molecule has 0 saturated carbocycles. The van der Waals surface area contributed by atoms with Crippen LogP contribution >= 0.6 is 11.8 Å². The van der Waals surface area contributed by atoms with Gasteiger partial charge in [0.05, 0.1) is 29.5 Å². The van der Waals surface area contributed by atoms with E-state index in [-0.39, 0.29) is 11.6 Å². The van der Waals surface area contributed by atoms with Crippen molar-refractivity contribution in [2.24, 2.45) is 0 Å². The molecule has 1 aliphatic heterocycles. The summed E-state index contributed by atoms with van der Waals surface area (Å²) in [5, 5.41) is 2.68. The van der Waals surface area contributed by atoms with Gasteiger partial charge in [0.1, 0.15) is 0 Å². The van der Waals surface area contributed by atoms with Gasteiger partial charge in [-0.1, -0.05) is 6.07 Å². The van der Waals surface area contributed by atoms with Crippen LogP contribution < -0.4 is 5.32 Å². The summed E-state index contributed by atoms with van der Waals surface area (Å²) in [6.07, 6.45) is -2.60. The van der Waals surface area contributed by atoms with Crippen molar-refractivity contribution in [2.75, 3.05) is 11.1 Å². The molecule has 2 aromatic rings. The fourth-order valence-electron chi connectivity index (χ4n) is 1.88. The SMILES string of the molecule is O=C1CSc2ccc(-c3cncc(C(F)(F)F)n3)cc2N1. The monoisotopic (exact) mass is 311 g/mol. The first-order chi connectivity index (χ1) is 9.93. The Balaban J connectivity index is 2.01. The molecule has 21 heavy (non-hydrogen) atoms. The molecule has 1 aromatic carbocycles. The number of anilines is 1. The molecule has 0 atom stereocenters. The second-order valence-corrected chi connectivity index (χ2v) is 5.35. The number of aromatic nitrogens is 2. The van der Waals surface area contributed by atoms with E-state index >= 15 is 0 Å². The zero-order chi connectivity index (χ0) is 15.0. The Bertz CT molecular complexity index is 718. The predicted molar refractivity (Wildman–Crippen MR) is 71.8 cm³/mol. The van der Waals surface area contributed by atoms with Gasteiger partial charge in [0.25, 0.3) is 0 Å². The number of nitrogens with one attached hydrogen (secondary N) is 1. The van der Waals surface area contributed by atoms with Crippen LogP contribution in [0.2, 0.25) is 0 Å². The average Bonchev–Trinajstić information content (AvgIpc) is 2.45. The van der Waals surface area contributed by atoms with Crippen molar-refractivity contribution in [1.29, 1.82) is 0 Å². The van der Waals surface area contributed by atoms with Crippen LogP contribution in [0.3, 0.4) is 0 Å². The molecule has 108 valence electrons. The highest BCUT2D eigenvalue weighted by molar-refractivity contribution is 8.00. The molecule has 0 spiro atoms. The molecule has 0 fully saturated rings. The highest BCUT2D eigenvalue weighted by atomic mass is 32.2. The maximum absolute atomic E-state index is 12.6. The van der Waals surface area contributed by atoms with Crippen molar-refractivity contribution < 1.29 is 18.0 Å². The Morgan fingerprint density at radius 2 is 2.05 bits per heavy atom. The van der Waals surface area contributed by atoms with Crippen LogP contribution in [0.5, 0.6) is 0 Å². The van der Waals surface area contributed by atoms with Gasteiger partial charge >= 0.3 is 6.18 Å². The Hall–Kier alpha value is -2.09. The number of halogens is 3. The lowest BCUT2D eigenvalue weighted by molar-refractivity contribution is -0.141. The molecule has 0 bridgehead atoms. The van der Waals surface area contributed by atoms with Crippen molar-refractivity contribution in [3.05, 3.63) is 36.3 Å². The lowest BCUT2D eigenvalue weighted by Gasteiger charge is -2.17. The first-order valence-electron chi connectivity index (χ1n) is 5.90. The molecule has 0 radical (unpaired) electrons. The van der Waals surface area contributed by atoms with Crippen LogP contribution in [0, 0.1) is 0 Å². The van der Waals surface area contributed by atoms with E-state index < -0.39 is 11.9 Å². The molecule has 1 amide bonds. The molecule has 0 saturated heterocycles. The van der Waals surface area contributed by atoms with E-state index in [0.717, 1.165) is 4.90 Å². The van der Waals surface area contributed by atoms with Crippen molar-refractivity contribution in [2.45, 2.75) is 11.1 Å². The Morgan fingerprint density at radius 3 is 2.81 bits per heavy atom. The largest absolute Gasteiger partial charge is 0.434 e. The van der Waals surface area contributed by atoms with Crippen LogP contribution in [0.15, 0.2) is 35.5 Å². The third kappa shape index (κ3) is 2.85. The minimum atomic E-state index is -4.54. The molecule has 1 aliphatic rings. The number of benzene rings is 1. The van der Waals surface area contributed by atoms with Gasteiger partial charge in [-0.25, -0.2) is 4.98 Å². The van der Waals surface area contributed by atoms with Crippen LogP contribution in [0.25, 0.3) is 11.3 Å². The van der Waals surface area contributed by atoms with Gasteiger partial charge in [0.15, 0.2) is 5.69 Å². The fourth-order valence-corrected chi connectivity index (χ4v) is 2.67. The molecule has 4 nitrogen and oxygen atoms in total. The first kappa shape index (κ1) is 13.9. The quantitative estimate of drug-likeness (QED) is 0.878. The van der Waals surface area contributed by atoms with Crippen molar-refractivity contribution in [1.82, 2.24) is 9.97 Å². The summed E-state index contributed by atoms with van der Waals surface area (Å²) in [5.74, 6) is 0.190. The summed E-state index contributed by atoms with van der Waals surface area (Å²) < 4.78 is 37.9. The summed E-state index contributed by atoms with van der Waals surface area (Å²) in [4.78, 5) is 19.4. The number of rotatable bonds is 1. The lowest BCUT2D eigenvalue weighted by Crippen LogP contribution is -2.18. The lowest BCUT2D eigenvalue weighted by atomic mass is 10.1. The van der Waals surface area contributed by atoms with E-state index in [2.05, 4.69) is 15.3 Å². The van der Waals surface area contributed by atoms with Crippen LogP contribution in [0.4, 0.5) is 18.9 Å². The summed E-state index contributed by atoms with van der Waals surface area (Å²) in [5.41, 5.74) is 0.108. The highest BCUT2D eigenvalue weighted by Crippen LogP contribution is 2.35. The molecule has 2 heterocycles. The molecule has 0 unspecified atom stereocenters. The summed E-state index contributed by atoms with van der Waals surface area (Å²) in [7, 11) is 0. The Labute approximate surface area is 121 Å². The first-order valence-corrected chi connectivity index (χ1v) is 6.88. The number of carbonyl (C=O) groups excluding carboxylic acids is 1. The number of carbonyl (C=O) groups is 1. The normalized spacial score (nSPS) is 14.5. The minimum absolute atomic E-state index is 0.109. The van der Waals surface area contributed by atoms with Gasteiger partial charge < -0.3 is 5.32 Å². The maximum Gasteiger partial charge on any atom is 0.434 e. The number of nitrogens with zero attached hydrogens (tertiary/aromatic N) is 2. The molecule has 0 aliphatic carbocycles. The van der Waals surface area contributed by atoms with Crippen LogP contribution in [-0.4, -0.2) is 21.6 Å². The van der Waals surface area contributed by atoms with Crippen molar-refractivity contribution in [3.63, 3.8) is 0 Å². The summed E-state index contributed by atoms with van der Waals surface area (Å²) in [6, 6.07) is 5.01. The van der Waals surface area contributed by atoms with Gasteiger partial charge in [-0.2, -0.15) is 13.2 Å². The zero-order valence-electron chi connectivity index (χ0n) is 10.4. The zero-order valence-corrected chi connectivity index (χ0v) is 11.3. The van der Waals surface area contributed by atoms with E-state index in [0.29, 0.717) is 23.2 Å². The van der Waals surface area contributed by atoms with Gasteiger partial charge in [-0.15, -0.1) is 11.8 Å². The number of thioether (sulfide) groups is 1. The fraction of sp³-hybridized carbons (Fsp3) is 0.154. The number of amides is 1. The van der Waals surface area contributed by atoms with Gasteiger partial charge in [-0.3, -0.25) is 9.78 Å². The third-order valence-electron chi connectivity index (χ3n) is 2.83. The molecule has 8 heteroatoms. The van der Waals surface area contributed by atoms with Gasteiger partial charge in [0, 0.05) is 10.5 Å². The average molecular weight is 311 g/mol. The van der Waals surface area contributed by atoms with E-state index in [1.165, 1.54) is 18.0 Å². The second-order valence-electron chi connectivity index (χ2n) is 4.34. The molecule has 1 aromatic heterocycles. The van der Waals surface area contributed by atoms with Crippen molar-refractivity contribution in [3.8, 4) is 11.3 Å². The topological polar surface area (TPSA) is 54.9 Å². The number of alkyl halides is 3.